The maximum Gasteiger partial charge on any atom is 0.416 e. The SMILES string of the molecule is Cc1cc2c(cc1C(F)(F)F)N(C(=O)C1CCCCC1)CCC[C@@H]2N(Cc1cc(C(F)(F)F)cc(C(F)(F)F)c1)c1nnn(C)n1. The lowest BCUT2D eigenvalue weighted by Gasteiger charge is -2.34. The van der Waals surface area contributed by atoms with E-state index in [9.17, 15) is 44.3 Å². The molecule has 46 heavy (non-hydrogen) atoms. The molecule has 2 heterocycles. The molecule has 0 bridgehead atoms. The Labute approximate surface area is 258 Å². The number of hydrogen-bond acceptors (Lipinski definition) is 5. The van der Waals surface area contributed by atoms with Gasteiger partial charge >= 0.3 is 18.5 Å². The first kappa shape index (κ1) is 33.5. The summed E-state index contributed by atoms with van der Waals surface area (Å²) in [5, 5.41) is 11.9. The molecule has 2 aromatic carbocycles. The van der Waals surface area contributed by atoms with Crippen molar-refractivity contribution in [1.29, 1.82) is 0 Å². The minimum atomic E-state index is -5.09. The highest BCUT2D eigenvalue weighted by atomic mass is 19.4. The van der Waals surface area contributed by atoms with Gasteiger partial charge in [-0.1, -0.05) is 30.4 Å². The van der Waals surface area contributed by atoms with Gasteiger partial charge in [0.1, 0.15) is 0 Å². The van der Waals surface area contributed by atoms with Crippen LogP contribution in [0.15, 0.2) is 30.3 Å². The number of aromatic nitrogens is 4. The first-order valence-electron chi connectivity index (χ1n) is 14.8. The summed E-state index contributed by atoms with van der Waals surface area (Å²) in [6.45, 7) is 0.758. The van der Waals surface area contributed by atoms with Gasteiger partial charge < -0.3 is 9.80 Å². The van der Waals surface area contributed by atoms with Gasteiger partial charge in [0.25, 0.3) is 5.95 Å². The maximum absolute atomic E-state index is 14.2. The molecule has 0 saturated heterocycles. The van der Waals surface area contributed by atoms with E-state index in [4.69, 9.17) is 0 Å². The van der Waals surface area contributed by atoms with Crippen LogP contribution in [-0.4, -0.2) is 32.7 Å². The first-order chi connectivity index (χ1) is 21.4. The Bertz CT molecular complexity index is 1540. The summed E-state index contributed by atoms with van der Waals surface area (Å²) in [7, 11) is 1.41. The molecule has 2 aliphatic rings. The molecule has 1 fully saturated rings. The van der Waals surface area contributed by atoms with Crippen LogP contribution in [0.2, 0.25) is 0 Å². The monoisotopic (exact) mass is 662 g/mol. The highest BCUT2D eigenvalue weighted by Crippen LogP contribution is 2.45. The van der Waals surface area contributed by atoms with Crippen LogP contribution in [0, 0.1) is 12.8 Å². The third kappa shape index (κ3) is 7.09. The topological polar surface area (TPSA) is 67.2 Å². The number of aryl methyl sites for hydroxylation is 2. The van der Waals surface area contributed by atoms with Gasteiger partial charge in [-0.25, -0.2) is 0 Å². The Morgan fingerprint density at radius 1 is 0.848 bits per heavy atom. The highest BCUT2D eigenvalue weighted by molar-refractivity contribution is 5.96. The smallest absolute Gasteiger partial charge is 0.327 e. The average molecular weight is 663 g/mol. The molecular formula is C30H31F9N6O. The summed E-state index contributed by atoms with van der Waals surface area (Å²) >= 11 is 0. The molecule has 0 spiro atoms. The normalized spacial score (nSPS) is 18.3. The van der Waals surface area contributed by atoms with E-state index < -0.39 is 47.8 Å². The predicted molar refractivity (Wildman–Crippen MR) is 149 cm³/mol. The molecule has 1 aromatic heterocycles. The van der Waals surface area contributed by atoms with E-state index in [1.54, 1.807) is 0 Å². The Morgan fingerprint density at radius 3 is 2.02 bits per heavy atom. The summed E-state index contributed by atoms with van der Waals surface area (Å²) in [6, 6.07) is 2.46. The van der Waals surface area contributed by atoms with Gasteiger partial charge in [0.15, 0.2) is 0 Å². The van der Waals surface area contributed by atoms with E-state index in [0.717, 1.165) is 30.1 Å². The molecule has 1 aliphatic heterocycles. The summed E-state index contributed by atoms with van der Waals surface area (Å²) in [4.78, 5) is 17.5. The number of carbonyl (C=O) groups excluding carboxylic acids is 1. The number of anilines is 2. The lowest BCUT2D eigenvalue weighted by molar-refractivity contribution is -0.143. The van der Waals surface area contributed by atoms with Gasteiger partial charge in [0.2, 0.25) is 5.91 Å². The van der Waals surface area contributed by atoms with Crippen molar-refractivity contribution in [3.05, 3.63) is 63.7 Å². The summed E-state index contributed by atoms with van der Waals surface area (Å²) in [5.74, 6) is -0.845. The van der Waals surface area contributed by atoms with Gasteiger partial charge in [-0.05, 0) is 78.8 Å². The van der Waals surface area contributed by atoms with Gasteiger partial charge in [-0.2, -0.15) is 44.3 Å². The largest absolute Gasteiger partial charge is 0.416 e. The number of fused-ring (bicyclic) bond motifs is 1. The standard InChI is InChI=1S/C30H31F9N6O/c1-17-11-22-24(9-6-10-44(25(22)15-23(17)30(37,38)39)26(46)19-7-4-3-5-8-19)45(27-40-42-43(2)41-27)16-18-12-20(28(31,32)33)14-21(13-18)29(34,35)36/h11-15,19,24H,3-10,16H2,1-2H3/t24-/m0/s1. The second-order valence-corrected chi connectivity index (χ2v) is 11.8. The van der Waals surface area contributed by atoms with E-state index in [1.165, 1.54) is 29.8 Å². The third-order valence-electron chi connectivity index (χ3n) is 8.54. The second kappa shape index (κ2) is 12.4. The van der Waals surface area contributed by atoms with Crippen molar-refractivity contribution in [2.24, 2.45) is 13.0 Å². The lowest BCUT2D eigenvalue weighted by Crippen LogP contribution is -2.38. The van der Waals surface area contributed by atoms with Crippen molar-refractivity contribution in [3.8, 4) is 0 Å². The van der Waals surface area contributed by atoms with Crippen LogP contribution >= 0.6 is 0 Å². The molecule has 1 amide bonds. The molecule has 7 nitrogen and oxygen atoms in total. The first-order valence-corrected chi connectivity index (χ1v) is 14.8. The fourth-order valence-electron chi connectivity index (χ4n) is 6.38. The predicted octanol–water partition coefficient (Wildman–Crippen LogP) is 8.03. The molecule has 5 rings (SSSR count). The Kier molecular flexibility index (Phi) is 9.03. The molecule has 1 aliphatic carbocycles. The fourth-order valence-corrected chi connectivity index (χ4v) is 6.38. The molecular weight excluding hydrogens is 631 g/mol. The van der Waals surface area contributed by atoms with Gasteiger partial charge in [-0.15, -0.1) is 5.10 Å². The number of carbonyl (C=O) groups is 1. The molecule has 0 radical (unpaired) electrons. The minimum absolute atomic E-state index is 0.00934. The summed E-state index contributed by atoms with van der Waals surface area (Å²) in [5.41, 5.74) is -4.27. The van der Waals surface area contributed by atoms with Crippen LogP contribution in [0.3, 0.4) is 0 Å². The maximum atomic E-state index is 14.2. The van der Waals surface area contributed by atoms with Crippen molar-refractivity contribution in [2.45, 2.75) is 83.0 Å². The van der Waals surface area contributed by atoms with Crippen LogP contribution in [0.5, 0.6) is 0 Å². The molecule has 250 valence electrons. The number of alkyl halides is 9. The van der Waals surface area contributed by atoms with E-state index in [-0.39, 0.29) is 65.6 Å². The van der Waals surface area contributed by atoms with Crippen molar-refractivity contribution in [1.82, 2.24) is 20.2 Å². The Hall–Kier alpha value is -3.85. The van der Waals surface area contributed by atoms with Crippen LogP contribution in [0.4, 0.5) is 51.1 Å². The number of hydrogen-bond donors (Lipinski definition) is 0. The van der Waals surface area contributed by atoms with Crippen LogP contribution in [0.25, 0.3) is 0 Å². The molecule has 1 saturated carbocycles. The number of amides is 1. The number of rotatable bonds is 5. The molecule has 0 unspecified atom stereocenters. The number of nitrogens with zero attached hydrogens (tertiary/aromatic N) is 6. The molecule has 16 heteroatoms. The van der Waals surface area contributed by atoms with E-state index >= 15 is 0 Å². The van der Waals surface area contributed by atoms with Crippen LogP contribution in [-0.2, 0) is 36.9 Å². The zero-order chi connectivity index (χ0) is 33.6. The number of halogens is 9. The van der Waals surface area contributed by atoms with Gasteiger partial charge in [-0.3, -0.25) is 4.79 Å². The molecule has 0 N–H and O–H groups in total. The number of benzene rings is 2. The number of tetrazole rings is 1. The zero-order valence-electron chi connectivity index (χ0n) is 24.9. The summed E-state index contributed by atoms with van der Waals surface area (Å²) in [6.07, 6.45) is -10.7. The van der Waals surface area contributed by atoms with E-state index in [0.29, 0.717) is 25.0 Å². The van der Waals surface area contributed by atoms with Crippen molar-refractivity contribution < 1.29 is 44.3 Å². The second-order valence-electron chi connectivity index (χ2n) is 11.8. The third-order valence-corrected chi connectivity index (χ3v) is 8.54. The molecule has 3 aromatic rings. The van der Waals surface area contributed by atoms with Crippen LogP contribution in [0.1, 0.15) is 84.4 Å². The minimum Gasteiger partial charge on any atom is -0.327 e. The molecule has 1 atom stereocenters. The quantitative estimate of drug-likeness (QED) is 0.259. The van der Waals surface area contributed by atoms with Crippen molar-refractivity contribution >= 4 is 17.5 Å². The zero-order valence-corrected chi connectivity index (χ0v) is 24.9. The van der Waals surface area contributed by atoms with Crippen LogP contribution < -0.4 is 9.80 Å². The van der Waals surface area contributed by atoms with Gasteiger partial charge in [0, 0.05) is 24.7 Å². The average Bonchev–Trinajstić information content (AvgIpc) is 3.32. The highest BCUT2D eigenvalue weighted by Gasteiger charge is 2.40. The lowest BCUT2D eigenvalue weighted by atomic mass is 9.88. The van der Waals surface area contributed by atoms with Crippen molar-refractivity contribution in [2.75, 3.05) is 16.3 Å². The van der Waals surface area contributed by atoms with E-state index in [1.807, 2.05) is 0 Å². The summed E-state index contributed by atoms with van der Waals surface area (Å²) < 4.78 is 125. The van der Waals surface area contributed by atoms with Crippen molar-refractivity contribution in [3.63, 3.8) is 0 Å². The van der Waals surface area contributed by atoms with E-state index in [2.05, 4.69) is 15.4 Å². The fraction of sp³-hybridized carbons (Fsp3) is 0.533. The van der Waals surface area contributed by atoms with Gasteiger partial charge in [0.05, 0.1) is 29.8 Å². The Morgan fingerprint density at radius 2 is 1.48 bits per heavy atom. The Balaban J connectivity index is 1.67.